The van der Waals surface area contributed by atoms with Gasteiger partial charge in [-0.25, -0.2) is 0 Å². The first-order chi connectivity index (χ1) is 7.22. The molecule has 1 aliphatic rings. The maximum atomic E-state index is 9.56. The Bertz CT molecular complexity index is 396. The van der Waals surface area contributed by atoms with E-state index in [-0.39, 0.29) is 4.80 Å². The largest absolute Gasteiger partial charge is 0.426 e. The van der Waals surface area contributed by atoms with Crippen LogP contribution in [0, 0.1) is 5.41 Å². The Balaban J connectivity index is 2.10. The lowest BCUT2D eigenvalue weighted by molar-refractivity contribution is 0.163. The zero-order chi connectivity index (χ0) is 10.8. The van der Waals surface area contributed by atoms with Gasteiger partial charge in [0.1, 0.15) is 0 Å². The summed E-state index contributed by atoms with van der Waals surface area (Å²) in [5, 5.41) is 20.6. The summed E-state index contributed by atoms with van der Waals surface area (Å²) in [6, 6.07) is 0.524. The second-order valence-electron chi connectivity index (χ2n) is 3.98. The van der Waals surface area contributed by atoms with Gasteiger partial charge in [0.2, 0.25) is 4.80 Å². The fourth-order valence-corrected chi connectivity index (χ4v) is 3.04. The Kier molecular flexibility index (Phi) is 3.11. The van der Waals surface area contributed by atoms with Gasteiger partial charge in [0, 0.05) is 10.9 Å². The van der Waals surface area contributed by atoms with Gasteiger partial charge >= 0.3 is 0 Å². The van der Waals surface area contributed by atoms with Crippen LogP contribution in [0.15, 0.2) is 0 Å². The predicted octanol–water partition coefficient (Wildman–Crippen LogP) is 1.12. The smallest absolute Gasteiger partial charge is 0.216 e. The zero-order valence-corrected chi connectivity index (χ0v) is 9.73. The van der Waals surface area contributed by atoms with Crippen LogP contribution < -0.4 is 10.1 Å². The van der Waals surface area contributed by atoms with Gasteiger partial charge in [-0.15, -0.1) is 0 Å². The lowest BCUT2D eigenvalue weighted by Crippen LogP contribution is -2.35. The Morgan fingerprint density at radius 2 is 2.47 bits per heavy atom. The van der Waals surface area contributed by atoms with Crippen LogP contribution >= 0.6 is 11.3 Å². The van der Waals surface area contributed by atoms with Crippen molar-refractivity contribution in [3.8, 4) is 0 Å². The molecule has 0 radical (unpaired) electrons. The maximum Gasteiger partial charge on any atom is 0.216 e. The molecule has 1 atom stereocenters. The molecule has 0 bridgehead atoms. The Morgan fingerprint density at radius 1 is 1.67 bits per heavy atom. The van der Waals surface area contributed by atoms with E-state index in [1.165, 1.54) is 16.2 Å². The average Bonchev–Trinajstić information content (AvgIpc) is 2.52. The molecule has 1 heterocycles. The maximum absolute atomic E-state index is 9.56. The molecule has 1 aromatic heterocycles. The van der Waals surface area contributed by atoms with Crippen LogP contribution in [0.1, 0.15) is 30.3 Å². The van der Waals surface area contributed by atoms with Crippen LogP contribution in [-0.4, -0.2) is 22.5 Å². The number of thiazole rings is 1. The van der Waals surface area contributed by atoms with Crippen LogP contribution in [0.2, 0.25) is 0 Å². The van der Waals surface area contributed by atoms with Crippen LogP contribution in [0.25, 0.3) is 0 Å². The molecule has 0 amide bonds. The summed E-state index contributed by atoms with van der Waals surface area (Å²) in [4.78, 5) is 1.42. The highest BCUT2D eigenvalue weighted by Gasteiger charge is 2.22. The van der Waals surface area contributed by atoms with Gasteiger partial charge in [-0.1, -0.05) is 18.3 Å². The van der Waals surface area contributed by atoms with Gasteiger partial charge in [0.25, 0.3) is 0 Å². The number of hydrogen-bond donors (Lipinski definition) is 3. The van der Waals surface area contributed by atoms with Crippen molar-refractivity contribution in [2.75, 3.05) is 6.54 Å². The fourth-order valence-electron chi connectivity index (χ4n) is 2.02. The molecule has 0 spiro atoms. The van der Waals surface area contributed by atoms with E-state index in [1.54, 1.807) is 0 Å². The summed E-state index contributed by atoms with van der Waals surface area (Å²) in [5.74, 6) is 0. The molecule has 4 nitrogen and oxygen atoms in total. The van der Waals surface area contributed by atoms with Crippen molar-refractivity contribution in [3.05, 3.63) is 15.4 Å². The highest BCUT2D eigenvalue weighted by atomic mass is 32.1. The molecule has 84 valence electrons. The molecule has 0 fully saturated rings. The highest BCUT2D eigenvalue weighted by Crippen LogP contribution is 2.22. The van der Waals surface area contributed by atoms with E-state index in [1.807, 2.05) is 0 Å². The van der Waals surface area contributed by atoms with Gasteiger partial charge in [-0.05, 0) is 32.2 Å². The molecule has 0 unspecified atom stereocenters. The minimum atomic E-state index is 0.246. The van der Waals surface area contributed by atoms with Crippen molar-refractivity contribution in [2.24, 2.45) is 0 Å². The molecule has 15 heavy (non-hydrogen) atoms. The summed E-state index contributed by atoms with van der Waals surface area (Å²) in [7, 11) is 0. The second-order valence-corrected chi connectivity index (χ2v) is 5.07. The molecule has 1 aliphatic carbocycles. The van der Waals surface area contributed by atoms with Gasteiger partial charge in [-0.2, -0.15) is 4.73 Å². The third-order valence-electron chi connectivity index (χ3n) is 2.83. The first-order valence-corrected chi connectivity index (χ1v) is 6.24. The first-order valence-electron chi connectivity index (χ1n) is 5.43. The number of hydrogen-bond acceptors (Lipinski definition) is 4. The first kappa shape index (κ1) is 10.7. The summed E-state index contributed by atoms with van der Waals surface area (Å²) in [5.41, 5.74) is 0.944. The van der Waals surface area contributed by atoms with Crippen LogP contribution in [0.3, 0.4) is 0 Å². The Labute approximate surface area is 93.0 Å². The zero-order valence-electron chi connectivity index (χ0n) is 8.92. The van der Waals surface area contributed by atoms with E-state index in [2.05, 4.69) is 12.2 Å². The van der Waals surface area contributed by atoms with Gasteiger partial charge < -0.3 is 10.5 Å². The molecule has 1 aromatic rings. The summed E-state index contributed by atoms with van der Waals surface area (Å²) in [6.07, 6.45) is 4.04. The van der Waals surface area contributed by atoms with Gasteiger partial charge in [0.05, 0.1) is 5.69 Å². The van der Waals surface area contributed by atoms with Crippen molar-refractivity contribution in [3.63, 3.8) is 0 Å². The number of aromatic nitrogens is 1. The van der Waals surface area contributed by atoms with E-state index < -0.39 is 0 Å². The number of nitrogens with zero attached hydrogens (tertiary/aromatic N) is 1. The van der Waals surface area contributed by atoms with Crippen molar-refractivity contribution in [2.45, 2.75) is 38.6 Å². The summed E-state index contributed by atoms with van der Waals surface area (Å²) < 4.78 is 1.04. The average molecular weight is 227 g/mol. The normalized spacial score (nSPS) is 20.2. The topological polar surface area (TPSA) is 61.0 Å². The van der Waals surface area contributed by atoms with E-state index in [4.69, 9.17) is 5.41 Å². The minimum Gasteiger partial charge on any atom is -0.426 e. The molecule has 0 saturated heterocycles. The molecular formula is C10H17N3OS. The van der Waals surface area contributed by atoms with Crippen molar-refractivity contribution < 1.29 is 5.21 Å². The molecule has 0 saturated carbocycles. The SMILES string of the molecule is CCCN[C@H]1CCc2c(sc(=N)n2O)C1. The van der Waals surface area contributed by atoms with E-state index in [9.17, 15) is 5.21 Å². The third-order valence-corrected chi connectivity index (χ3v) is 3.85. The van der Waals surface area contributed by atoms with Crippen molar-refractivity contribution >= 4 is 11.3 Å². The summed E-state index contributed by atoms with van der Waals surface area (Å²) in [6.45, 7) is 3.22. The lowest BCUT2D eigenvalue weighted by atomic mass is 9.97. The molecule has 5 heteroatoms. The van der Waals surface area contributed by atoms with Crippen LogP contribution in [0.5, 0.6) is 0 Å². The van der Waals surface area contributed by atoms with Crippen molar-refractivity contribution in [1.29, 1.82) is 5.41 Å². The highest BCUT2D eigenvalue weighted by molar-refractivity contribution is 7.09. The van der Waals surface area contributed by atoms with E-state index in [0.717, 1.165) is 42.7 Å². The minimum absolute atomic E-state index is 0.246. The molecule has 0 aromatic carbocycles. The standard InChI is InChI=1S/C10H17N3OS/c1-2-5-12-7-3-4-8-9(6-7)15-10(11)13(8)14/h7,11-12,14H,2-6H2,1H3/t7-/m0/s1. The Morgan fingerprint density at radius 3 is 3.20 bits per heavy atom. The third kappa shape index (κ3) is 2.08. The number of rotatable bonds is 3. The summed E-state index contributed by atoms with van der Waals surface area (Å²) >= 11 is 1.39. The Hall–Kier alpha value is -0.810. The number of nitrogens with one attached hydrogen (secondary N) is 2. The monoisotopic (exact) mass is 227 g/mol. The lowest BCUT2D eigenvalue weighted by Gasteiger charge is -2.22. The number of fused-ring (bicyclic) bond motifs is 1. The molecule has 3 N–H and O–H groups in total. The predicted molar refractivity (Wildman–Crippen MR) is 59.5 cm³/mol. The molecule has 2 rings (SSSR count). The van der Waals surface area contributed by atoms with Gasteiger partial charge in [-0.3, -0.25) is 5.41 Å². The van der Waals surface area contributed by atoms with Crippen molar-refractivity contribution in [1.82, 2.24) is 10.0 Å². The molecule has 0 aliphatic heterocycles. The molecular weight excluding hydrogens is 210 g/mol. The van der Waals surface area contributed by atoms with Gasteiger partial charge in [0.15, 0.2) is 0 Å². The van der Waals surface area contributed by atoms with Crippen LogP contribution in [0.4, 0.5) is 0 Å². The second kappa shape index (κ2) is 4.37. The quantitative estimate of drug-likeness (QED) is 0.678. The van der Waals surface area contributed by atoms with E-state index in [0.29, 0.717) is 6.04 Å². The van der Waals surface area contributed by atoms with Crippen LogP contribution in [-0.2, 0) is 12.8 Å². The fraction of sp³-hybridized carbons (Fsp3) is 0.700. The van der Waals surface area contributed by atoms with E-state index >= 15 is 0 Å².